The number of hydrogen-bond acceptors (Lipinski definition) is 3. The molecule has 0 atom stereocenters. The predicted octanol–water partition coefficient (Wildman–Crippen LogP) is 4.68. The molecule has 2 aromatic rings. The normalized spacial score (nSPS) is 10.6. The first-order chi connectivity index (χ1) is 9.60. The minimum absolute atomic E-state index is 0.294. The average Bonchev–Trinajstić information content (AvgIpc) is 2.44. The maximum absolute atomic E-state index is 9.73. The second-order valence-corrected chi connectivity index (χ2v) is 6.71. The van der Waals surface area contributed by atoms with Crippen LogP contribution in [0.1, 0.15) is 5.56 Å². The lowest BCUT2D eigenvalue weighted by molar-refractivity contribution is 0.457. The van der Waals surface area contributed by atoms with E-state index in [1.54, 1.807) is 0 Å². The Morgan fingerprint density at radius 3 is 2.20 bits per heavy atom. The highest BCUT2D eigenvalue weighted by molar-refractivity contribution is 14.1. The lowest BCUT2D eigenvalue weighted by Gasteiger charge is -2.09. The monoisotopic (exact) mass is 515 g/mol. The molecule has 0 unspecified atom stereocenters. The van der Waals surface area contributed by atoms with Crippen molar-refractivity contribution < 1.29 is 9.84 Å². The van der Waals surface area contributed by atoms with Gasteiger partial charge in [0.05, 0.1) is 7.14 Å². The molecule has 0 saturated heterocycles. The van der Waals surface area contributed by atoms with Crippen molar-refractivity contribution in [2.24, 2.45) is 0 Å². The Balaban J connectivity index is 2.10. The van der Waals surface area contributed by atoms with Gasteiger partial charge in [-0.05, 0) is 93.2 Å². The predicted molar refractivity (Wildman–Crippen MR) is 97.6 cm³/mol. The van der Waals surface area contributed by atoms with E-state index in [1.165, 1.54) is 5.56 Å². The van der Waals surface area contributed by atoms with Gasteiger partial charge in [0.25, 0.3) is 0 Å². The van der Waals surface area contributed by atoms with Gasteiger partial charge in [0.15, 0.2) is 0 Å². The van der Waals surface area contributed by atoms with Crippen LogP contribution >= 0.6 is 57.0 Å². The molecule has 20 heavy (non-hydrogen) atoms. The summed E-state index contributed by atoms with van der Waals surface area (Å²) in [6.45, 7) is 0.732. The van der Waals surface area contributed by atoms with Crippen LogP contribution in [0.25, 0.3) is 0 Å². The molecule has 0 aliphatic rings. The van der Waals surface area contributed by atoms with Gasteiger partial charge in [-0.15, -0.1) is 0 Å². The fourth-order valence-electron chi connectivity index (χ4n) is 1.65. The second kappa shape index (κ2) is 7.67. The summed E-state index contributed by atoms with van der Waals surface area (Å²) in [7, 11) is 0. The van der Waals surface area contributed by atoms with Gasteiger partial charge < -0.3 is 9.84 Å². The molecule has 106 valence electrons. The van der Waals surface area contributed by atoms with Crippen molar-refractivity contribution in [3.8, 4) is 17.2 Å². The van der Waals surface area contributed by atoms with E-state index in [1.807, 2.05) is 36.4 Å². The highest BCUT2D eigenvalue weighted by Crippen LogP contribution is 2.32. The Labute approximate surface area is 150 Å². The number of nitrogens with one attached hydrogen (secondary N) is 1. The zero-order valence-corrected chi connectivity index (χ0v) is 15.4. The van der Waals surface area contributed by atoms with E-state index in [4.69, 9.17) is 16.5 Å². The summed E-state index contributed by atoms with van der Waals surface area (Å²) >= 11 is 9.60. The highest BCUT2D eigenvalue weighted by Gasteiger charge is 2.07. The Morgan fingerprint density at radius 1 is 1.05 bits per heavy atom. The molecule has 6 heteroatoms. The molecule has 0 amide bonds. The summed E-state index contributed by atoms with van der Waals surface area (Å²) in [6, 6.07) is 11.5. The number of ether oxygens (including phenoxy) is 1. The highest BCUT2D eigenvalue weighted by atomic mass is 127. The van der Waals surface area contributed by atoms with E-state index in [9.17, 15) is 5.11 Å². The van der Waals surface area contributed by atoms with E-state index >= 15 is 0 Å². The van der Waals surface area contributed by atoms with Gasteiger partial charge in [-0.2, -0.15) is 0 Å². The zero-order valence-electron chi connectivity index (χ0n) is 10.4. The molecular formula is C14H12ClI2NO2. The van der Waals surface area contributed by atoms with Gasteiger partial charge in [0.2, 0.25) is 0 Å². The fraction of sp³-hybridized carbons (Fsp3) is 0.143. The largest absolute Gasteiger partial charge is 0.506 e. The molecule has 0 spiro atoms. The average molecular weight is 516 g/mol. The SMILES string of the molecule is Oc1c(I)cc(Oc2ccc(CCNCl)cc2)cc1I. The Hall–Kier alpha value is -0.250. The first-order valence-electron chi connectivity index (χ1n) is 5.88. The molecule has 3 nitrogen and oxygen atoms in total. The van der Waals surface area contributed by atoms with Crippen LogP contribution < -0.4 is 9.57 Å². The number of phenolic OH excluding ortho intramolecular Hbond substituents is 1. The molecule has 0 fully saturated rings. The Morgan fingerprint density at radius 2 is 1.65 bits per heavy atom. The van der Waals surface area contributed by atoms with E-state index in [0.29, 0.717) is 11.5 Å². The maximum atomic E-state index is 9.73. The van der Waals surface area contributed by atoms with Crippen LogP contribution in [0.5, 0.6) is 17.2 Å². The maximum Gasteiger partial charge on any atom is 0.142 e. The van der Waals surface area contributed by atoms with Crippen LogP contribution in [0.2, 0.25) is 0 Å². The minimum atomic E-state index is 0.294. The van der Waals surface area contributed by atoms with Crippen LogP contribution in [0.4, 0.5) is 0 Å². The van der Waals surface area contributed by atoms with Gasteiger partial charge in [-0.25, -0.2) is 4.84 Å². The third-order valence-corrected chi connectivity index (χ3v) is 4.49. The van der Waals surface area contributed by atoms with Gasteiger partial charge in [0.1, 0.15) is 17.2 Å². The molecule has 2 rings (SSSR count). The third-order valence-electron chi connectivity index (χ3n) is 2.66. The quantitative estimate of drug-likeness (QED) is 0.449. The van der Waals surface area contributed by atoms with Crippen molar-refractivity contribution in [2.45, 2.75) is 6.42 Å². The van der Waals surface area contributed by atoms with E-state index in [-0.39, 0.29) is 0 Å². The Bertz CT molecular complexity index is 567. The molecular weight excluding hydrogens is 503 g/mol. The number of hydrogen-bond donors (Lipinski definition) is 2. The van der Waals surface area contributed by atoms with Crippen molar-refractivity contribution >= 4 is 57.0 Å². The second-order valence-electron chi connectivity index (χ2n) is 4.12. The molecule has 0 aliphatic carbocycles. The number of aromatic hydroxyl groups is 1. The van der Waals surface area contributed by atoms with Crippen molar-refractivity contribution in [2.75, 3.05) is 6.54 Å². The lowest BCUT2D eigenvalue weighted by Crippen LogP contribution is -2.04. The standard InChI is InChI=1S/C14H12ClI2NO2/c15-18-6-5-9-1-3-10(4-2-9)20-11-7-12(16)14(19)13(17)8-11/h1-4,7-8,18-19H,5-6H2. The molecule has 2 aromatic carbocycles. The summed E-state index contributed by atoms with van der Waals surface area (Å²) in [6.07, 6.45) is 0.874. The number of halogens is 3. The van der Waals surface area contributed by atoms with Crippen LogP contribution in [-0.4, -0.2) is 11.7 Å². The third kappa shape index (κ3) is 4.37. The van der Waals surface area contributed by atoms with Crippen molar-refractivity contribution in [1.82, 2.24) is 4.84 Å². The first-order valence-corrected chi connectivity index (χ1v) is 8.42. The van der Waals surface area contributed by atoms with E-state index in [2.05, 4.69) is 50.0 Å². The molecule has 0 aromatic heterocycles. The van der Waals surface area contributed by atoms with Gasteiger partial charge in [0, 0.05) is 6.54 Å². The smallest absolute Gasteiger partial charge is 0.142 e. The lowest BCUT2D eigenvalue weighted by atomic mass is 10.1. The van der Waals surface area contributed by atoms with Gasteiger partial charge in [-0.3, -0.25) is 0 Å². The first kappa shape index (κ1) is 16.1. The van der Waals surface area contributed by atoms with Gasteiger partial charge >= 0.3 is 0 Å². The number of phenols is 1. The molecule has 0 radical (unpaired) electrons. The summed E-state index contributed by atoms with van der Waals surface area (Å²) in [5.41, 5.74) is 1.19. The van der Waals surface area contributed by atoms with Crippen LogP contribution in [0.15, 0.2) is 36.4 Å². The number of benzene rings is 2. The van der Waals surface area contributed by atoms with Crippen molar-refractivity contribution in [3.63, 3.8) is 0 Å². The summed E-state index contributed by atoms with van der Waals surface area (Å²) in [5, 5.41) is 9.73. The van der Waals surface area contributed by atoms with E-state index < -0.39 is 0 Å². The van der Waals surface area contributed by atoms with Crippen LogP contribution in [0.3, 0.4) is 0 Å². The molecule has 0 bridgehead atoms. The van der Waals surface area contributed by atoms with E-state index in [0.717, 1.165) is 25.9 Å². The fourth-order valence-corrected chi connectivity index (χ4v) is 3.46. The van der Waals surface area contributed by atoms with Crippen LogP contribution in [-0.2, 0) is 6.42 Å². The summed E-state index contributed by atoms with van der Waals surface area (Å²) < 4.78 is 7.34. The van der Waals surface area contributed by atoms with Crippen molar-refractivity contribution in [1.29, 1.82) is 0 Å². The molecule has 0 aliphatic heterocycles. The minimum Gasteiger partial charge on any atom is -0.506 e. The molecule has 0 saturated carbocycles. The topological polar surface area (TPSA) is 41.5 Å². The van der Waals surface area contributed by atoms with Crippen LogP contribution in [0, 0.1) is 7.14 Å². The summed E-state index contributed by atoms with van der Waals surface area (Å²) in [4.78, 5) is 2.60. The zero-order chi connectivity index (χ0) is 14.5. The van der Waals surface area contributed by atoms with Gasteiger partial charge in [-0.1, -0.05) is 12.1 Å². The number of rotatable bonds is 5. The molecule has 2 N–H and O–H groups in total. The van der Waals surface area contributed by atoms with Crippen molar-refractivity contribution in [3.05, 3.63) is 49.1 Å². The molecule has 0 heterocycles. The Kier molecular flexibility index (Phi) is 6.19. The summed E-state index contributed by atoms with van der Waals surface area (Å²) in [5.74, 6) is 1.78.